The number of carbonyl (C=O) groups excluding carboxylic acids is 4. The molecule has 0 aliphatic heterocycles. The lowest BCUT2D eigenvalue weighted by molar-refractivity contribution is -0.202. The lowest BCUT2D eigenvalue weighted by Gasteiger charge is -2.51. The van der Waals surface area contributed by atoms with E-state index in [1.54, 1.807) is 19.1 Å². The molecule has 0 aromatic heterocycles. The van der Waals surface area contributed by atoms with Crippen LogP contribution in [0.15, 0.2) is 53.6 Å². The van der Waals surface area contributed by atoms with Crippen LogP contribution in [0.5, 0.6) is 0 Å². The third kappa shape index (κ3) is 4.19. The molecule has 5 rings (SSSR count). The van der Waals surface area contributed by atoms with Gasteiger partial charge in [0.05, 0.1) is 12.0 Å². The van der Waals surface area contributed by atoms with E-state index in [1.807, 2.05) is 51.1 Å². The Morgan fingerprint density at radius 1 is 1.02 bits per heavy atom. The molecule has 4 aliphatic carbocycles. The maximum Gasteiger partial charge on any atom is 0.310 e. The lowest BCUT2D eigenvalue weighted by atomic mass is 9.59. The molecule has 1 aromatic rings. The van der Waals surface area contributed by atoms with Crippen molar-refractivity contribution in [3.05, 3.63) is 59.2 Å². The third-order valence-corrected chi connectivity index (χ3v) is 10.0. The Morgan fingerprint density at radius 3 is 2.29 bits per heavy atom. The summed E-state index contributed by atoms with van der Waals surface area (Å²) in [5.41, 5.74) is -4.23. The highest BCUT2D eigenvalue weighted by atomic mass is 16.6. The minimum atomic E-state index is -2.32. The van der Waals surface area contributed by atoms with Gasteiger partial charge in [-0.2, -0.15) is 0 Å². The molecule has 9 heteroatoms. The van der Waals surface area contributed by atoms with Gasteiger partial charge in [-0.25, -0.2) is 0 Å². The number of carbonyl (C=O) groups is 4. The molecule has 2 N–H and O–H groups in total. The number of ketones is 1. The molecule has 2 saturated carbocycles. The zero-order chi connectivity index (χ0) is 30.1. The van der Waals surface area contributed by atoms with Crippen LogP contribution >= 0.6 is 0 Å². The van der Waals surface area contributed by atoms with Gasteiger partial charge in [-0.05, 0) is 30.4 Å². The standard InChI is InChI=1S/C32H38O9/c1-17-12-24-31(37)18(2)15-30(41-25(35)13-21-10-8-7-9-11-21)26(29(30,5)6)23(31)14-22(16-39-19(3)33)28(40-20(4)34)32(24,38)27(17)36/h7-12,14,18,23-24,26,28,37-38H,13,15-16H2,1-6H3/t18-,23+,24+,26-,28?,30+,31-,32-/m1/s1. The van der Waals surface area contributed by atoms with Crippen LogP contribution in [0.3, 0.4) is 0 Å². The fourth-order valence-corrected chi connectivity index (χ4v) is 8.10. The number of Topliss-reactive ketones (excluding diaryl/α,β-unsaturated/α-hetero) is 1. The predicted octanol–water partition coefficient (Wildman–Crippen LogP) is 2.87. The highest BCUT2D eigenvalue weighted by Gasteiger charge is 2.83. The van der Waals surface area contributed by atoms with Crippen molar-refractivity contribution in [1.82, 2.24) is 0 Å². The van der Waals surface area contributed by atoms with Gasteiger partial charge in [0, 0.05) is 42.6 Å². The van der Waals surface area contributed by atoms with Crippen LogP contribution < -0.4 is 0 Å². The SMILES string of the molecule is CC(=O)OCC1=C[C@H]2[C@@H]3C(C)(C)[C@]3(OC(=O)Cc3ccccc3)C[C@@H](C)[C@]2(O)[C@@H]2C=C(C)C(=O)[C@@]2(O)C1OC(C)=O. The second-order valence-corrected chi connectivity index (χ2v) is 12.7. The fourth-order valence-electron chi connectivity index (χ4n) is 8.10. The number of esters is 3. The van der Waals surface area contributed by atoms with Crippen LogP contribution in [0.1, 0.15) is 53.5 Å². The van der Waals surface area contributed by atoms with E-state index in [0.29, 0.717) is 6.42 Å². The van der Waals surface area contributed by atoms with E-state index in [1.165, 1.54) is 6.92 Å². The summed E-state index contributed by atoms with van der Waals surface area (Å²) in [5, 5.41) is 24.9. The summed E-state index contributed by atoms with van der Waals surface area (Å²) >= 11 is 0. The van der Waals surface area contributed by atoms with Crippen molar-refractivity contribution >= 4 is 23.7 Å². The van der Waals surface area contributed by atoms with Crippen LogP contribution in [-0.4, -0.2) is 63.4 Å². The minimum Gasteiger partial charge on any atom is -0.461 e. The smallest absolute Gasteiger partial charge is 0.310 e. The summed E-state index contributed by atoms with van der Waals surface area (Å²) in [7, 11) is 0. The Morgan fingerprint density at radius 2 is 1.68 bits per heavy atom. The number of hydrogen-bond donors (Lipinski definition) is 2. The van der Waals surface area contributed by atoms with Gasteiger partial charge in [-0.15, -0.1) is 0 Å². The molecular formula is C32H38O9. The molecule has 0 radical (unpaired) electrons. The van der Waals surface area contributed by atoms with Crippen molar-refractivity contribution in [2.45, 2.75) is 77.3 Å². The largest absolute Gasteiger partial charge is 0.461 e. The second kappa shape index (κ2) is 9.63. The Balaban J connectivity index is 1.62. The predicted molar refractivity (Wildman–Crippen MR) is 146 cm³/mol. The molecule has 220 valence electrons. The first-order chi connectivity index (χ1) is 19.1. The van der Waals surface area contributed by atoms with E-state index in [2.05, 4.69) is 0 Å². The molecule has 4 aliphatic rings. The second-order valence-electron chi connectivity index (χ2n) is 12.7. The Bertz CT molecular complexity index is 1360. The topological polar surface area (TPSA) is 136 Å². The van der Waals surface area contributed by atoms with Gasteiger partial charge >= 0.3 is 17.9 Å². The molecule has 0 heterocycles. The van der Waals surface area contributed by atoms with Crippen LogP contribution in [0.25, 0.3) is 0 Å². The average molecular weight is 567 g/mol. The summed E-state index contributed by atoms with van der Waals surface area (Å²) < 4.78 is 17.2. The van der Waals surface area contributed by atoms with Crippen LogP contribution in [-0.2, 0) is 39.8 Å². The first kappa shape index (κ1) is 29.2. The van der Waals surface area contributed by atoms with Crippen molar-refractivity contribution in [3.8, 4) is 0 Å². The number of benzene rings is 1. The molecule has 1 aromatic carbocycles. The van der Waals surface area contributed by atoms with Gasteiger partial charge in [0.15, 0.2) is 17.5 Å². The summed E-state index contributed by atoms with van der Waals surface area (Å²) in [6.45, 7) is 9.37. The molecule has 9 nitrogen and oxygen atoms in total. The monoisotopic (exact) mass is 566 g/mol. The molecular weight excluding hydrogens is 528 g/mol. The first-order valence-electron chi connectivity index (χ1n) is 14.1. The van der Waals surface area contributed by atoms with Gasteiger partial charge in [0.1, 0.15) is 12.2 Å². The Kier molecular flexibility index (Phi) is 6.86. The minimum absolute atomic E-state index is 0.0928. The average Bonchev–Trinajstić information content (AvgIpc) is 3.27. The van der Waals surface area contributed by atoms with Gasteiger partial charge in [-0.3, -0.25) is 19.2 Å². The van der Waals surface area contributed by atoms with E-state index in [-0.39, 0.29) is 30.1 Å². The summed E-state index contributed by atoms with van der Waals surface area (Å²) in [6, 6.07) is 9.29. The molecule has 0 bridgehead atoms. The number of aliphatic hydroxyl groups is 2. The molecule has 2 fully saturated rings. The fraction of sp³-hybridized carbons (Fsp3) is 0.562. The number of hydrogen-bond acceptors (Lipinski definition) is 9. The Hall–Kier alpha value is -3.30. The Labute approximate surface area is 239 Å². The van der Waals surface area contributed by atoms with E-state index in [9.17, 15) is 29.4 Å². The summed E-state index contributed by atoms with van der Waals surface area (Å²) in [6.07, 6.45) is 2.14. The molecule has 1 unspecified atom stereocenters. The van der Waals surface area contributed by atoms with Crippen molar-refractivity contribution in [3.63, 3.8) is 0 Å². The summed E-state index contributed by atoms with van der Waals surface area (Å²) in [4.78, 5) is 50.9. The molecule has 0 amide bonds. The van der Waals surface area contributed by atoms with E-state index < -0.39 is 69.7 Å². The maximum absolute atomic E-state index is 13.6. The number of ether oxygens (including phenoxy) is 3. The first-order valence-corrected chi connectivity index (χ1v) is 14.1. The molecule has 41 heavy (non-hydrogen) atoms. The van der Waals surface area contributed by atoms with Crippen molar-refractivity contribution < 1.29 is 43.6 Å². The number of rotatable bonds is 6. The van der Waals surface area contributed by atoms with Gasteiger partial charge in [0.25, 0.3) is 0 Å². The highest BCUT2D eigenvalue weighted by Crippen LogP contribution is 2.76. The molecule has 8 atom stereocenters. The van der Waals surface area contributed by atoms with Crippen molar-refractivity contribution in [2.75, 3.05) is 6.61 Å². The number of fused-ring (bicyclic) bond motifs is 5. The van der Waals surface area contributed by atoms with Gasteiger partial charge in [-0.1, -0.05) is 63.3 Å². The lowest BCUT2D eigenvalue weighted by Crippen LogP contribution is -2.64. The zero-order valence-electron chi connectivity index (χ0n) is 24.3. The third-order valence-electron chi connectivity index (χ3n) is 10.0. The van der Waals surface area contributed by atoms with Crippen LogP contribution in [0.4, 0.5) is 0 Å². The zero-order valence-corrected chi connectivity index (χ0v) is 24.3. The van der Waals surface area contributed by atoms with Gasteiger partial charge < -0.3 is 24.4 Å². The normalized spacial score (nSPS) is 38.2. The molecule has 0 spiro atoms. The van der Waals surface area contributed by atoms with Crippen molar-refractivity contribution in [1.29, 1.82) is 0 Å². The highest BCUT2D eigenvalue weighted by molar-refractivity contribution is 6.05. The van der Waals surface area contributed by atoms with Crippen molar-refractivity contribution in [2.24, 2.45) is 29.1 Å². The van der Waals surface area contributed by atoms with E-state index in [0.717, 1.165) is 12.5 Å². The van der Waals surface area contributed by atoms with E-state index in [4.69, 9.17) is 14.2 Å². The van der Waals surface area contributed by atoms with Crippen LogP contribution in [0, 0.1) is 29.1 Å². The molecule has 0 saturated heterocycles. The van der Waals surface area contributed by atoms with E-state index >= 15 is 0 Å². The summed E-state index contributed by atoms with van der Waals surface area (Å²) in [5.74, 6) is -5.20. The quantitative estimate of drug-likeness (QED) is 0.303. The van der Waals surface area contributed by atoms with Crippen LogP contribution in [0.2, 0.25) is 0 Å². The maximum atomic E-state index is 13.6. The van der Waals surface area contributed by atoms with Gasteiger partial charge in [0.2, 0.25) is 0 Å².